The number of rotatable bonds is 2. The van der Waals surface area contributed by atoms with E-state index in [1.54, 1.807) is 0 Å². The molecule has 3 heteroatoms. The summed E-state index contributed by atoms with van der Waals surface area (Å²) in [5.74, 6) is 0.714. The summed E-state index contributed by atoms with van der Waals surface area (Å²) in [6.07, 6.45) is 6.16. The molecule has 0 amide bonds. The van der Waals surface area contributed by atoms with E-state index in [2.05, 4.69) is 18.7 Å². The van der Waals surface area contributed by atoms with Crippen LogP contribution in [0, 0.1) is 5.92 Å². The van der Waals surface area contributed by atoms with Crippen molar-refractivity contribution in [3.63, 3.8) is 0 Å². The van der Waals surface area contributed by atoms with Crippen LogP contribution in [-0.4, -0.2) is 42.8 Å². The molecule has 1 saturated heterocycles. The second-order valence-electron chi connectivity index (χ2n) is 5.56. The van der Waals surface area contributed by atoms with Crippen molar-refractivity contribution >= 4 is 0 Å². The van der Waals surface area contributed by atoms with Crippen LogP contribution in [0.4, 0.5) is 0 Å². The van der Waals surface area contributed by atoms with Crippen molar-refractivity contribution in [1.29, 1.82) is 0 Å². The molecule has 0 aromatic heterocycles. The quantitative estimate of drug-likeness (QED) is 0.777. The molecule has 0 aromatic rings. The molecule has 1 saturated carbocycles. The molecule has 2 rings (SSSR count). The van der Waals surface area contributed by atoms with Crippen molar-refractivity contribution in [2.75, 3.05) is 19.6 Å². The third-order valence-corrected chi connectivity index (χ3v) is 4.09. The number of hydrogen-bond acceptors (Lipinski definition) is 3. The number of nitrogens with two attached hydrogens (primary N) is 1. The van der Waals surface area contributed by atoms with Crippen LogP contribution in [0.25, 0.3) is 0 Å². The van der Waals surface area contributed by atoms with Crippen LogP contribution in [-0.2, 0) is 4.74 Å². The highest BCUT2D eigenvalue weighted by molar-refractivity contribution is 4.87. The van der Waals surface area contributed by atoms with E-state index < -0.39 is 0 Å². The Morgan fingerprint density at radius 2 is 1.75 bits per heavy atom. The van der Waals surface area contributed by atoms with Crippen LogP contribution < -0.4 is 5.73 Å². The molecule has 0 spiro atoms. The Morgan fingerprint density at radius 1 is 1.12 bits per heavy atom. The molecule has 3 nitrogen and oxygen atoms in total. The lowest BCUT2D eigenvalue weighted by atomic mass is 9.83. The fourth-order valence-corrected chi connectivity index (χ4v) is 3.43. The zero-order valence-electron chi connectivity index (χ0n) is 10.7. The lowest BCUT2D eigenvalue weighted by molar-refractivity contribution is -0.0908. The number of hydrogen-bond donors (Lipinski definition) is 1. The van der Waals surface area contributed by atoms with Gasteiger partial charge in [0.1, 0.15) is 0 Å². The minimum absolute atomic E-state index is 0.379. The highest BCUT2D eigenvalue weighted by Crippen LogP contribution is 2.29. The summed E-state index contributed by atoms with van der Waals surface area (Å²) in [5.41, 5.74) is 5.91. The summed E-state index contributed by atoms with van der Waals surface area (Å²) >= 11 is 0. The highest BCUT2D eigenvalue weighted by atomic mass is 16.5. The average Bonchev–Trinajstić information content (AvgIpc) is 2.27. The fraction of sp³-hybridized carbons (Fsp3) is 1.00. The molecule has 4 atom stereocenters. The first-order chi connectivity index (χ1) is 7.70. The first-order valence-electron chi connectivity index (χ1n) is 6.80. The summed E-state index contributed by atoms with van der Waals surface area (Å²) in [7, 11) is 0. The molecule has 1 aliphatic carbocycles. The Bertz CT molecular complexity index is 212. The molecule has 2 N–H and O–H groups in total. The number of ether oxygens (including phenoxy) is 1. The first-order valence-corrected chi connectivity index (χ1v) is 6.80. The first kappa shape index (κ1) is 12.3. The molecule has 2 aliphatic rings. The van der Waals surface area contributed by atoms with Gasteiger partial charge in [-0.1, -0.05) is 12.8 Å². The summed E-state index contributed by atoms with van der Waals surface area (Å²) in [4.78, 5) is 2.63. The predicted molar refractivity (Wildman–Crippen MR) is 66.4 cm³/mol. The van der Waals surface area contributed by atoms with Gasteiger partial charge in [0.15, 0.2) is 0 Å². The largest absolute Gasteiger partial charge is 0.373 e. The van der Waals surface area contributed by atoms with E-state index in [9.17, 15) is 0 Å². The van der Waals surface area contributed by atoms with Crippen molar-refractivity contribution in [2.24, 2.45) is 11.7 Å². The van der Waals surface area contributed by atoms with Crippen molar-refractivity contribution < 1.29 is 4.74 Å². The molecule has 94 valence electrons. The predicted octanol–water partition coefficient (Wildman–Crippen LogP) is 1.61. The van der Waals surface area contributed by atoms with Gasteiger partial charge in [0.25, 0.3) is 0 Å². The smallest absolute Gasteiger partial charge is 0.0678 e. The van der Waals surface area contributed by atoms with E-state index in [0.717, 1.165) is 19.6 Å². The van der Waals surface area contributed by atoms with E-state index in [0.29, 0.717) is 24.2 Å². The van der Waals surface area contributed by atoms with Crippen molar-refractivity contribution in [3.05, 3.63) is 0 Å². The SMILES string of the molecule is CC1CN(C2CCCCC2CN)CC(C)O1. The summed E-state index contributed by atoms with van der Waals surface area (Å²) in [6, 6.07) is 0.715. The maximum absolute atomic E-state index is 5.91. The van der Waals surface area contributed by atoms with Crippen LogP contribution in [0.1, 0.15) is 39.5 Å². The van der Waals surface area contributed by atoms with Crippen LogP contribution in [0.3, 0.4) is 0 Å². The minimum Gasteiger partial charge on any atom is -0.373 e. The van der Waals surface area contributed by atoms with Gasteiger partial charge in [-0.2, -0.15) is 0 Å². The molecule has 0 aromatic carbocycles. The fourth-order valence-electron chi connectivity index (χ4n) is 3.43. The lowest BCUT2D eigenvalue weighted by Gasteiger charge is -2.44. The molecular weight excluding hydrogens is 200 g/mol. The van der Waals surface area contributed by atoms with Gasteiger partial charge in [-0.05, 0) is 39.2 Å². The van der Waals surface area contributed by atoms with E-state index in [4.69, 9.17) is 10.5 Å². The van der Waals surface area contributed by atoms with E-state index >= 15 is 0 Å². The topological polar surface area (TPSA) is 38.5 Å². The number of morpholine rings is 1. The Labute approximate surface area is 99.3 Å². The maximum Gasteiger partial charge on any atom is 0.0678 e. The molecule has 1 aliphatic heterocycles. The van der Waals surface area contributed by atoms with Gasteiger partial charge in [-0.3, -0.25) is 4.90 Å². The van der Waals surface area contributed by atoms with Crippen LogP contribution in [0.15, 0.2) is 0 Å². The lowest BCUT2D eigenvalue weighted by Crippen LogP contribution is -2.54. The third-order valence-electron chi connectivity index (χ3n) is 4.09. The Balaban J connectivity index is 1.98. The van der Waals surface area contributed by atoms with Crippen molar-refractivity contribution in [1.82, 2.24) is 4.90 Å². The van der Waals surface area contributed by atoms with Gasteiger partial charge in [0, 0.05) is 19.1 Å². The zero-order chi connectivity index (χ0) is 11.5. The minimum atomic E-state index is 0.379. The second kappa shape index (κ2) is 5.48. The van der Waals surface area contributed by atoms with Crippen molar-refractivity contribution in [2.45, 2.75) is 57.8 Å². The molecule has 4 unspecified atom stereocenters. The normalized spacial score (nSPS) is 42.2. The van der Waals surface area contributed by atoms with Gasteiger partial charge < -0.3 is 10.5 Å². The Morgan fingerprint density at radius 3 is 2.38 bits per heavy atom. The summed E-state index contributed by atoms with van der Waals surface area (Å²) in [5, 5.41) is 0. The van der Waals surface area contributed by atoms with Crippen molar-refractivity contribution in [3.8, 4) is 0 Å². The van der Waals surface area contributed by atoms with Gasteiger partial charge in [0.05, 0.1) is 12.2 Å². The monoisotopic (exact) mass is 226 g/mol. The van der Waals surface area contributed by atoms with Gasteiger partial charge in [-0.15, -0.1) is 0 Å². The van der Waals surface area contributed by atoms with Gasteiger partial charge in [-0.25, -0.2) is 0 Å². The molecular formula is C13H26N2O. The summed E-state index contributed by atoms with van der Waals surface area (Å²) in [6.45, 7) is 7.40. The second-order valence-corrected chi connectivity index (χ2v) is 5.56. The standard InChI is InChI=1S/C13H26N2O/c1-10-8-15(9-11(2)16-10)13-6-4-3-5-12(13)7-14/h10-13H,3-9,14H2,1-2H3. The maximum atomic E-state index is 5.91. The highest BCUT2D eigenvalue weighted by Gasteiger charge is 2.33. The van der Waals surface area contributed by atoms with Crippen LogP contribution >= 0.6 is 0 Å². The third kappa shape index (κ3) is 2.76. The van der Waals surface area contributed by atoms with Crippen LogP contribution in [0.5, 0.6) is 0 Å². The van der Waals surface area contributed by atoms with Crippen LogP contribution in [0.2, 0.25) is 0 Å². The van der Waals surface area contributed by atoms with Gasteiger partial charge in [0.2, 0.25) is 0 Å². The summed E-state index contributed by atoms with van der Waals surface area (Å²) < 4.78 is 5.80. The Hall–Kier alpha value is -0.120. The molecule has 1 heterocycles. The van der Waals surface area contributed by atoms with E-state index in [1.165, 1.54) is 25.7 Å². The molecule has 2 fully saturated rings. The zero-order valence-corrected chi connectivity index (χ0v) is 10.7. The average molecular weight is 226 g/mol. The van der Waals surface area contributed by atoms with E-state index in [1.807, 2.05) is 0 Å². The molecule has 0 bridgehead atoms. The molecule has 0 radical (unpaired) electrons. The Kier molecular flexibility index (Phi) is 4.22. The molecule has 16 heavy (non-hydrogen) atoms. The van der Waals surface area contributed by atoms with E-state index in [-0.39, 0.29) is 0 Å². The van der Waals surface area contributed by atoms with Gasteiger partial charge >= 0.3 is 0 Å². The number of nitrogens with zero attached hydrogens (tertiary/aromatic N) is 1.